The van der Waals surface area contributed by atoms with Crippen LogP contribution in [0.25, 0.3) is 0 Å². The van der Waals surface area contributed by atoms with Crippen LogP contribution in [0.5, 0.6) is 0 Å². The van der Waals surface area contributed by atoms with Crippen LogP contribution in [-0.2, 0) is 23.9 Å². The molecule has 0 bridgehead atoms. The molecule has 2 aromatic heterocycles. The van der Waals surface area contributed by atoms with Crippen molar-refractivity contribution in [1.29, 1.82) is 0 Å². The Morgan fingerprint density at radius 2 is 1.84 bits per heavy atom. The Balaban J connectivity index is 0.00000176. The molecule has 1 aliphatic heterocycles. The Morgan fingerprint density at radius 1 is 1.16 bits per heavy atom. The van der Waals surface area contributed by atoms with Gasteiger partial charge in [0.1, 0.15) is 0 Å². The minimum absolute atomic E-state index is 0.110. The smallest absolute Gasteiger partial charge is 0.349 e. The van der Waals surface area contributed by atoms with Gasteiger partial charge in [0, 0.05) is 19.2 Å². The Hall–Kier alpha value is -2.71. The fraction of sp³-hybridized carbons (Fsp3) is 0.565. The lowest BCUT2D eigenvalue weighted by Gasteiger charge is -2.30. The molecule has 0 aromatic carbocycles. The first-order valence-corrected chi connectivity index (χ1v) is 10.9. The Morgan fingerprint density at radius 3 is 2.41 bits per heavy atom. The molecule has 1 aliphatic rings. The third-order valence-electron chi connectivity index (χ3n) is 4.72. The highest BCUT2D eigenvalue weighted by molar-refractivity contribution is 5.90. The number of halogens is 3. The molecule has 1 amide bonds. The lowest BCUT2D eigenvalue weighted by Crippen LogP contribution is -2.31. The zero-order chi connectivity index (χ0) is 24.1. The molecule has 3 rings (SSSR count). The van der Waals surface area contributed by atoms with E-state index in [0.29, 0.717) is 42.5 Å². The SMILES string of the molecule is CC.Cc1nc2c(nc1NC(=O)CC(C)(C)C)CCCN2Cc1ccc(C(F)(F)F)cn1. The Labute approximate surface area is 187 Å². The molecular weight excluding hydrogens is 419 g/mol. The number of hydrogen-bond acceptors (Lipinski definition) is 5. The number of nitrogens with one attached hydrogen (secondary N) is 1. The molecule has 0 atom stereocenters. The third-order valence-corrected chi connectivity index (χ3v) is 4.72. The molecule has 3 heterocycles. The molecule has 176 valence electrons. The molecule has 0 aliphatic carbocycles. The second-order valence-electron chi connectivity index (χ2n) is 8.77. The van der Waals surface area contributed by atoms with Crippen molar-refractivity contribution in [2.75, 3.05) is 16.8 Å². The zero-order valence-electron chi connectivity index (χ0n) is 19.6. The number of amides is 1. The van der Waals surface area contributed by atoms with Crippen LogP contribution < -0.4 is 10.2 Å². The summed E-state index contributed by atoms with van der Waals surface area (Å²) in [5.41, 5.74) is 0.994. The minimum atomic E-state index is -4.40. The number of nitrogens with zero attached hydrogens (tertiary/aromatic N) is 4. The van der Waals surface area contributed by atoms with Gasteiger partial charge < -0.3 is 10.2 Å². The van der Waals surface area contributed by atoms with E-state index in [1.807, 2.05) is 39.5 Å². The van der Waals surface area contributed by atoms with Crippen molar-refractivity contribution in [2.24, 2.45) is 5.41 Å². The van der Waals surface area contributed by atoms with Crippen molar-refractivity contribution < 1.29 is 18.0 Å². The molecule has 0 radical (unpaired) electrons. The van der Waals surface area contributed by atoms with E-state index in [1.165, 1.54) is 6.07 Å². The summed E-state index contributed by atoms with van der Waals surface area (Å²) < 4.78 is 38.2. The average molecular weight is 452 g/mol. The fourth-order valence-electron chi connectivity index (χ4n) is 3.32. The lowest BCUT2D eigenvalue weighted by atomic mass is 9.92. The molecule has 0 saturated heterocycles. The van der Waals surface area contributed by atoms with E-state index in [-0.39, 0.29) is 11.3 Å². The van der Waals surface area contributed by atoms with Crippen LogP contribution in [0.3, 0.4) is 0 Å². The fourth-order valence-corrected chi connectivity index (χ4v) is 3.32. The Kier molecular flexibility index (Phi) is 8.20. The number of fused-ring (bicyclic) bond motifs is 1. The maximum Gasteiger partial charge on any atom is 0.417 e. The van der Waals surface area contributed by atoms with Crippen molar-refractivity contribution in [2.45, 2.75) is 73.5 Å². The van der Waals surface area contributed by atoms with Gasteiger partial charge in [-0.2, -0.15) is 13.2 Å². The van der Waals surface area contributed by atoms with Crippen LogP contribution >= 0.6 is 0 Å². The summed E-state index contributed by atoms with van der Waals surface area (Å²) in [4.78, 5) is 27.5. The first-order valence-electron chi connectivity index (χ1n) is 10.9. The van der Waals surface area contributed by atoms with Gasteiger partial charge in [-0.15, -0.1) is 0 Å². The molecule has 0 spiro atoms. The molecule has 6 nitrogen and oxygen atoms in total. The maximum absolute atomic E-state index is 12.7. The van der Waals surface area contributed by atoms with Gasteiger partial charge in [0.15, 0.2) is 11.6 Å². The van der Waals surface area contributed by atoms with Crippen molar-refractivity contribution >= 4 is 17.5 Å². The van der Waals surface area contributed by atoms with Crippen molar-refractivity contribution in [1.82, 2.24) is 15.0 Å². The number of alkyl halides is 3. The third kappa shape index (κ3) is 6.90. The van der Waals surface area contributed by atoms with Crippen LogP contribution in [0.2, 0.25) is 0 Å². The van der Waals surface area contributed by atoms with Crippen LogP contribution in [0, 0.1) is 12.3 Å². The lowest BCUT2D eigenvalue weighted by molar-refractivity contribution is -0.137. The van der Waals surface area contributed by atoms with Gasteiger partial charge in [-0.1, -0.05) is 34.6 Å². The van der Waals surface area contributed by atoms with Gasteiger partial charge >= 0.3 is 6.18 Å². The number of anilines is 2. The summed E-state index contributed by atoms with van der Waals surface area (Å²) in [6.07, 6.45) is -1.62. The number of rotatable bonds is 4. The van der Waals surface area contributed by atoms with Gasteiger partial charge in [-0.05, 0) is 37.3 Å². The average Bonchev–Trinajstić information content (AvgIpc) is 2.69. The van der Waals surface area contributed by atoms with Gasteiger partial charge in [-0.25, -0.2) is 9.97 Å². The summed E-state index contributed by atoms with van der Waals surface area (Å²) in [5, 5.41) is 2.85. The summed E-state index contributed by atoms with van der Waals surface area (Å²) in [6, 6.07) is 2.43. The molecule has 1 N–H and O–H groups in total. The number of aryl methyl sites for hydroxylation is 2. The van der Waals surface area contributed by atoms with Crippen molar-refractivity contribution in [3.05, 3.63) is 41.0 Å². The first kappa shape index (κ1) is 25.5. The van der Waals surface area contributed by atoms with Crippen LogP contribution in [0.1, 0.15) is 70.1 Å². The van der Waals surface area contributed by atoms with E-state index >= 15 is 0 Å². The Bertz CT molecular complexity index is 921. The van der Waals surface area contributed by atoms with E-state index < -0.39 is 11.7 Å². The second-order valence-corrected chi connectivity index (χ2v) is 8.77. The standard InChI is InChI=1S/C21H26F3N5O.C2H6/c1-13-18(28-17(30)10-20(2,3)4)27-16-6-5-9-29(19(16)26-13)12-15-8-7-14(11-25-15)21(22,23)24;1-2/h7-8,11H,5-6,9-10,12H2,1-4H3,(H,27,28,30);1-2H3. The predicted molar refractivity (Wildman–Crippen MR) is 119 cm³/mol. The van der Waals surface area contributed by atoms with Crippen molar-refractivity contribution in [3.63, 3.8) is 0 Å². The number of carbonyl (C=O) groups excluding carboxylic acids is 1. The molecule has 0 fully saturated rings. The number of hydrogen-bond donors (Lipinski definition) is 1. The van der Waals surface area contributed by atoms with Gasteiger partial charge in [0.25, 0.3) is 0 Å². The van der Waals surface area contributed by atoms with Crippen molar-refractivity contribution in [3.8, 4) is 0 Å². The van der Waals surface area contributed by atoms with E-state index in [9.17, 15) is 18.0 Å². The monoisotopic (exact) mass is 451 g/mol. The molecule has 0 unspecified atom stereocenters. The molecule has 0 saturated carbocycles. The van der Waals surface area contributed by atoms with E-state index in [2.05, 4.69) is 20.3 Å². The summed E-state index contributed by atoms with van der Waals surface area (Å²) in [6.45, 7) is 12.8. The van der Waals surface area contributed by atoms with Gasteiger partial charge in [-0.3, -0.25) is 9.78 Å². The van der Waals surface area contributed by atoms with Gasteiger partial charge in [0.05, 0.1) is 29.2 Å². The summed E-state index contributed by atoms with van der Waals surface area (Å²) in [5.74, 6) is 1.04. The highest BCUT2D eigenvalue weighted by Gasteiger charge is 2.31. The zero-order valence-corrected chi connectivity index (χ0v) is 19.6. The topological polar surface area (TPSA) is 71.0 Å². The normalized spacial score (nSPS) is 13.7. The van der Waals surface area contributed by atoms with E-state index in [4.69, 9.17) is 0 Å². The highest BCUT2D eigenvalue weighted by Crippen LogP contribution is 2.30. The second kappa shape index (κ2) is 10.3. The molecule has 32 heavy (non-hydrogen) atoms. The first-order chi connectivity index (χ1) is 14.9. The van der Waals surface area contributed by atoms with Crippen LogP contribution in [0.4, 0.5) is 24.8 Å². The number of pyridine rings is 1. The predicted octanol–water partition coefficient (Wildman–Crippen LogP) is 5.55. The summed E-state index contributed by atoms with van der Waals surface area (Å²) in [7, 11) is 0. The van der Waals surface area contributed by atoms with E-state index in [0.717, 1.165) is 30.8 Å². The minimum Gasteiger partial charge on any atom is -0.349 e. The summed E-state index contributed by atoms with van der Waals surface area (Å²) >= 11 is 0. The number of carbonyl (C=O) groups is 1. The molecule has 9 heteroatoms. The van der Waals surface area contributed by atoms with Gasteiger partial charge in [0.2, 0.25) is 5.91 Å². The van der Waals surface area contributed by atoms with Crippen LogP contribution in [0.15, 0.2) is 18.3 Å². The number of aromatic nitrogens is 3. The molecule has 2 aromatic rings. The molecular formula is C23H32F3N5O. The van der Waals surface area contributed by atoms with Crippen LogP contribution in [-0.4, -0.2) is 27.4 Å². The largest absolute Gasteiger partial charge is 0.417 e. The van der Waals surface area contributed by atoms with E-state index in [1.54, 1.807) is 6.92 Å². The highest BCUT2D eigenvalue weighted by atomic mass is 19.4. The maximum atomic E-state index is 12.7. The quantitative estimate of drug-likeness (QED) is 0.660.